The van der Waals surface area contributed by atoms with E-state index in [4.69, 9.17) is 5.11 Å². The maximum atomic E-state index is 10.5. The van der Waals surface area contributed by atoms with Gasteiger partial charge >= 0.3 is 5.97 Å². The topological polar surface area (TPSA) is 49.3 Å². The Hall–Kier alpha value is -0.570. The van der Waals surface area contributed by atoms with Gasteiger partial charge < -0.3 is 10.4 Å². The van der Waals surface area contributed by atoms with Crippen molar-refractivity contribution in [2.45, 2.75) is 84.1 Å². The molecule has 0 amide bonds. The molecule has 0 aliphatic rings. The Morgan fingerprint density at radius 3 is 1.83 bits per heavy atom. The summed E-state index contributed by atoms with van der Waals surface area (Å²) in [6.45, 7) is 4.77. The van der Waals surface area contributed by atoms with Crippen molar-refractivity contribution in [3.05, 3.63) is 0 Å². The Bertz CT molecular complexity index is 195. The van der Waals surface area contributed by atoms with Gasteiger partial charge in [-0.05, 0) is 19.9 Å². The van der Waals surface area contributed by atoms with Gasteiger partial charge in [-0.1, -0.05) is 64.7 Å². The molecule has 2 N–H and O–H groups in total. The van der Waals surface area contributed by atoms with Gasteiger partial charge in [0.05, 0.1) is 0 Å². The Balaban J connectivity index is 3.05. The molecule has 0 aliphatic heterocycles. The summed E-state index contributed by atoms with van der Waals surface area (Å²) in [7, 11) is 0. The summed E-state index contributed by atoms with van der Waals surface area (Å²) < 4.78 is 0. The quantitative estimate of drug-likeness (QED) is 0.491. The second kappa shape index (κ2) is 12.9. The first-order chi connectivity index (χ1) is 8.68. The number of nitrogens with one attached hydrogen (secondary N) is 1. The molecule has 0 unspecified atom stereocenters. The standard InChI is InChI=1S/C15H31NO2/c1-3-4-5-6-7-8-9-10-11-12-13-16-14(2)15(17)18/h14,16H,3-13H2,1-2H3,(H,17,18)/t14-/m0/s1. The van der Waals surface area contributed by atoms with Crippen LogP contribution in [0, 0.1) is 0 Å². The predicted molar refractivity (Wildman–Crippen MR) is 76.9 cm³/mol. The zero-order valence-electron chi connectivity index (χ0n) is 12.2. The number of rotatable bonds is 13. The second-order valence-electron chi connectivity index (χ2n) is 5.20. The zero-order valence-corrected chi connectivity index (χ0v) is 12.2. The van der Waals surface area contributed by atoms with E-state index in [0.29, 0.717) is 0 Å². The molecule has 0 aromatic heterocycles. The highest BCUT2D eigenvalue weighted by molar-refractivity contribution is 5.72. The number of carboxylic acid groups (broad SMARTS) is 1. The van der Waals surface area contributed by atoms with Gasteiger partial charge in [0.1, 0.15) is 6.04 Å². The van der Waals surface area contributed by atoms with Crippen LogP contribution in [0.1, 0.15) is 78.1 Å². The molecule has 0 saturated carbocycles. The third-order valence-corrected chi connectivity index (χ3v) is 3.35. The van der Waals surface area contributed by atoms with Crippen LogP contribution in [0.25, 0.3) is 0 Å². The molecule has 0 spiro atoms. The summed E-state index contributed by atoms with van der Waals surface area (Å²) >= 11 is 0. The molecule has 0 fully saturated rings. The summed E-state index contributed by atoms with van der Waals surface area (Å²) in [6.07, 6.45) is 13.2. The highest BCUT2D eigenvalue weighted by Crippen LogP contribution is 2.10. The van der Waals surface area contributed by atoms with Crippen LogP contribution in [0.4, 0.5) is 0 Å². The maximum Gasteiger partial charge on any atom is 0.320 e. The maximum absolute atomic E-state index is 10.5. The molecule has 1 atom stereocenters. The zero-order chi connectivity index (χ0) is 13.6. The molecule has 0 aliphatic carbocycles. The van der Waals surface area contributed by atoms with Crippen molar-refractivity contribution in [1.29, 1.82) is 0 Å². The minimum absolute atomic E-state index is 0.413. The lowest BCUT2D eigenvalue weighted by Crippen LogP contribution is -2.34. The van der Waals surface area contributed by atoms with Gasteiger partial charge in [-0.3, -0.25) is 4.79 Å². The number of unbranched alkanes of at least 4 members (excludes halogenated alkanes) is 9. The van der Waals surface area contributed by atoms with Crippen LogP contribution in [0.5, 0.6) is 0 Å². The van der Waals surface area contributed by atoms with Crippen molar-refractivity contribution in [1.82, 2.24) is 5.32 Å². The first kappa shape index (κ1) is 17.4. The second-order valence-corrected chi connectivity index (χ2v) is 5.20. The fourth-order valence-electron chi connectivity index (χ4n) is 2.02. The van der Waals surface area contributed by atoms with Crippen molar-refractivity contribution in [3.8, 4) is 0 Å². The molecule has 108 valence electrons. The minimum Gasteiger partial charge on any atom is -0.480 e. The fraction of sp³-hybridized carbons (Fsp3) is 0.933. The lowest BCUT2D eigenvalue weighted by Gasteiger charge is -2.08. The average molecular weight is 257 g/mol. The third kappa shape index (κ3) is 11.9. The van der Waals surface area contributed by atoms with E-state index in [9.17, 15) is 4.79 Å². The van der Waals surface area contributed by atoms with Crippen LogP contribution in [0.2, 0.25) is 0 Å². The van der Waals surface area contributed by atoms with Crippen LogP contribution >= 0.6 is 0 Å². The Labute approximate surface area is 112 Å². The Morgan fingerprint density at radius 2 is 1.39 bits per heavy atom. The summed E-state index contributed by atoms with van der Waals surface area (Å²) in [5.74, 6) is -0.762. The van der Waals surface area contributed by atoms with Crippen LogP contribution in [0.15, 0.2) is 0 Å². The molecular weight excluding hydrogens is 226 g/mol. The van der Waals surface area contributed by atoms with E-state index in [1.54, 1.807) is 6.92 Å². The van der Waals surface area contributed by atoms with E-state index < -0.39 is 12.0 Å². The monoisotopic (exact) mass is 257 g/mol. The molecule has 18 heavy (non-hydrogen) atoms. The number of hydrogen-bond acceptors (Lipinski definition) is 2. The summed E-state index contributed by atoms with van der Waals surface area (Å²) in [4.78, 5) is 10.5. The van der Waals surface area contributed by atoms with Crippen LogP contribution in [-0.4, -0.2) is 23.7 Å². The normalized spacial score (nSPS) is 12.6. The fourth-order valence-corrected chi connectivity index (χ4v) is 2.02. The molecule has 0 aromatic rings. The SMILES string of the molecule is CCCCCCCCCCCCN[C@@H](C)C(=O)O. The van der Waals surface area contributed by atoms with E-state index in [0.717, 1.165) is 13.0 Å². The van der Waals surface area contributed by atoms with Crippen molar-refractivity contribution in [3.63, 3.8) is 0 Å². The number of carbonyl (C=O) groups is 1. The summed E-state index contributed by atoms with van der Waals surface area (Å²) in [5, 5.41) is 11.7. The first-order valence-corrected chi connectivity index (χ1v) is 7.64. The lowest BCUT2D eigenvalue weighted by molar-refractivity contribution is -0.138. The molecule has 3 heteroatoms. The van der Waals surface area contributed by atoms with Crippen molar-refractivity contribution in [2.24, 2.45) is 0 Å². The molecule has 0 heterocycles. The average Bonchev–Trinajstić information content (AvgIpc) is 2.35. The van der Waals surface area contributed by atoms with Crippen LogP contribution in [-0.2, 0) is 4.79 Å². The number of carboxylic acids is 1. The smallest absolute Gasteiger partial charge is 0.320 e. The van der Waals surface area contributed by atoms with E-state index in [1.807, 2.05) is 0 Å². The van der Waals surface area contributed by atoms with E-state index >= 15 is 0 Å². The van der Waals surface area contributed by atoms with Crippen LogP contribution < -0.4 is 5.32 Å². The number of aliphatic carboxylic acids is 1. The third-order valence-electron chi connectivity index (χ3n) is 3.35. The van der Waals surface area contributed by atoms with Crippen molar-refractivity contribution in [2.75, 3.05) is 6.54 Å². The van der Waals surface area contributed by atoms with Gasteiger partial charge in [0.15, 0.2) is 0 Å². The summed E-state index contributed by atoms with van der Waals surface area (Å²) in [6, 6.07) is -0.413. The summed E-state index contributed by atoms with van der Waals surface area (Å²) in [5.41, 5.74) is 0. The number of hydrogen-bond donors (Lipinski definition) is 2. The van der Waals surface area contributed by atoms with Crippen molar-refractivity contribution >= 4 is 5.97 Å². The van der Waals surface area contributed by atoms with E-state index in [1.165, 1.54) is 57.8 Å². The molecule has 3 nitrogen and oxygen atoms in total. The van der Waals surface area contributed by atoms with E-state index in [2.05, 4.69) is 12.2 Å². The minimum atomic E-state index is -0.762. The molecule has 0 aromatic carbocycles. The predicted octanol–water partition coefficient (Wildman–Crippen LogP) is 3.97. The Kier molecular flexibility index (Phi) is 12.5. The van der Waals surface area contributed by atoms with Gasteiger partial charge in [0.2, 0.25) is 0 Å². The van der Waals surface area contributed by atoms with E-state index in [-0.39, 0.29) is 0 Å². The molecule has 0 bridgehead atoms. The van der Waals surface area contributed by atoms with Gasteiger partial charge in [-0.25, -0.2) is 0 Å². The van der Waals surface area contributed by atoms with Gasteiger partial charge in [0, 0.05) is 0 Å². The molecule has 0 radical (unpaired) electrons. The van der Waals surface area contributed by atoms with Gasteiger partial charge in [-0.2, -0.15) is 0 Å². The van der Waals surface area contributed by atoms with Gasteiger partial charge in [-0.15, -0.1) is 0 Å². The highest BCUT2D eigenvalue weighted by Gasteiger charge is 2.07. The Morgan fingerprint density at radius 1 is 0.944 bits per heavy atom. The lowest BCUT2D eigenvalue weighted by atomic mass is 10.1. The van der Waals surface area contributed by atoms with Crippen molar-refractivity contribution < 1.29 is 9.90 Å². The molecule has 0 rings (SSSR count). The van der Waals surface area contributed by atoms with Crippen LogP contribution in [0.3, 0.4) is 0 Å². The molecular formula is C15H31NO2. The highest BCUT2D eigenvalue weighted by atomic mass is 16.4. The first-order valence-electron chi connectivity index (χ1n) is 7.64. The van der Waals surface area contributed by atoms with Gasteiger partial charge in [0.25, 0.3) is 0 Å². The molecule has 0 saturated heterocycles. The largest absolute Gasteiger partial charge is 0.480 e.